The van der Waals surface area contributed by atoms with Crippen molar-refractivity contribution in [2.24, 2.45) is 0 Å². The van der Waals surface area contributed by atoms with Gasteiger partial charge in [-0.05, 0) is 24.3 Å². The summed E-state index contributed by atoms with van der Waals surface area (Å²) in [6.07, 6.45) is 1.60. The van der Waals surface area contributed by atoms with Crippen LogP contribution in [0.1, 0.15) is 10.4 Å². The van der Waals surface area contributed by atoms with E-state index in [0.717, 1.165) is 24.7 Å². The van der Waals surface area contributed by atoms with E-state index in [2.05, 4.69) is 15.2 Å². The van der Waals surface area contributed by atoms with Crippen LogP contribution >= 0.6 is 0 Å². The number of benzene rings is 1. The van der Waals surface area contributed by atoms with Crippen LogP contribution in [0.2, 0.25) is 0 Å². The van der Waals surface area contributed by atoms with E-state index in [4.69, 9.17) is 14.2 Å². The Kier molecular flexibility index (Phi) is 6.27. The molecule has 26 heavy (non-hydrogen) atoms. The monoisotopic (exact) mass is 357 g/mol. The lowest BCUT2D eigenvalue weighted by atomic mass is 10.2. The lowest BCUT2D eigenvalue weighted by Crippen LogP contribution is -2.36. The Morgan fingerprint density at radius 1 is 1.23 bits per heavy atom. The normalized spacial score (nSPS) is 14.0. The van der Waals surface area contributed by atoms with Gasteiger partial charge < -0.3 is 24.4 Å². The largest absolute Gasteiger partial charge is 0.497 e. The minimum absolute atomic E-state index is 0.166. The molecule has 2 aromatic rings. The summed E-state index contributed by atoms with van der Waals surface area (Å²) < 4.78 is 16.1. The third-order valence-electron chi connectivity index (χ3n) is 4.04. The molecule has 138 valence electrons. The third-order valence-corrected chi connectivity index (χ3v) is 4.04. The van der Waals surface area contributed by atoms with E-state index in [1.165, 1.54) is 0 Å². The van der Waals surface area contributed by atoms with Crippen LogP contribution in [-0.2, 0) is 4.74 Å². The first-order valence-electron chi connectivity index (χ1n) is 8.60. The van der Waals surface area contributed by atoms with Gasteiger partial charge in [0.25, 0.3) is 5.91 Å². The Balaban J connectivity index is 1.44. The van der Waals surface area contributed by atoms with Crippen LogP contribution in [0.15, 0.2) is 42.6 Å². The van der Waals surface area contributed by atoms with Gasteiger partial charge in [0.2, 0.25) is 0 Å². The van der Waals surface area contributed by atoms with Gasteiger partial charge in [0.05, 0.1) is 32.4 Å². The molecular formula is C19H23N3O4. The highest BCUT2D eigenvalue weighted by atomic mass is 16.5. The molecule has 1 amide bonds. The number of nitrogens with one attached hydrogen (secondary N) is 1. The zero-order valence-corrected chi connectivity index (χ0v) is 14.8. The number of nitrogens with zero attached hydrogens (tertiary/aromatic N) is 2. The predicted molar refractivity (Wildman–Crippen MR) is 98.1 cm³/mol. The molecule has 0 saturated carbocycles. The summed E-state index contributed by atoms with van der Waals surface area (Å²) in [6, 6.07) is 11.0. The van der Waals surface area contributed by atoms with Gasteiger partial charge in [-0.25, -0.2) is 4.98 Å². The molecule has 0 atom stereocenters. The van der Waals surface area contributed by atoms with Crippen LogP contribution in [0, 0.1) is 0 Å². The van der Waals surface area contributed by atoms with E-state index >= 15 is 0 Å². The van der Waals surface area contributed by atoms with Gasteiger partial charge in [-0.15, -0.1) is 0 Å². The Morgan fingerprint density at radius 2 is 2.04 bits per heavy atom. The number of hydrogen-bond donors (Lipinski definition) is 1. The Morgan fingerprint density at radius 3 is 2.77 bits per heavy atom. The van der Waals surface area contributed by atoms with Gasteiger partial charge in [0, 0.05) is 25.4 Å². The quantitative estimate of drug-likeness (QED) is 0.761. The van der Waals surface area contributed by atoms with Crippen LogP contribution in [0.5, 0.6) is 11.5 Å². The first-order valence-corrected chi connectivity index (χ1v) is 8.60. The fourth-order valence-corrected chi connectivity index (χ4v) is 2.63. The van der Waals surface area contributed by atoms with E-state index < -0.39 is 0 Å². The molecule has 0 bridgehead atoms. The number of pyridine rings is 1. The van der Waals surface area contributed by atoms with Gasteiger partial charge in [0.1, 0.15) is 23.9 Å². The maximum atomic E-state index is 12.2. The number of methoxy groups -OCH3 is 1. The van der Waals surface area contributed by atoms with Crippen molar-refractivity contribution in [3.63, 3.8) is 0 Å². The molecule has 1 aliphatic heterocycles. The topological polar surface area (TPSA) is 72.9 Å². The second-order valence-electron chi connectivity index (χ2n) is 5.79. The molecule has 2 heterocycles. The summed E-state index contributed by atoms with van der Waals surface area (Å²) in [6.45, 7) is 3.83. The SMILES string of the molecule is COc1cccc(OCCNC(=O)c2ccc(N3CCOCC3)nc2)c1. The molecule has 1 fully saturated rings. The lowest BCUT2D eigenvalue weighted by Gasteiger charge is -2.27. The van der Waals surface area contributed by atoms with Gasteiger partial charge in [-0.2, -0.15) is 0 Å². The molecule has 7 nitrogen and oxygen atoms in total. The highest BCUT2D eigenvalue weighted by molar-refractivity contribution is 5.94. The maximum Gasteiger partial charge on any atom is 0.252 e. The van der Waals surface area contributed by atoms with Crippen molar-refractivity contribution in [2.75, 3.05) is 51.5 Å². The van der Waals surface area contributed by atoms with Crippen molar-refractivity contribution < 1.29 is 19.0 Å². The van der Waals surface area contributed by atoms with E-state index in [9.17, 15) is 4.79 Å². The standard InChI is InChI=1S/C19H23N3O4/c1-24-16-3-2-4-17(13-16)26-10-7-20-19(23)15-5-6-18(21-14-15)22-8-11-25-12-9-22/h2-6,13-14H,7-12H2,1H3,(H,20,23). The predicted octanol–water partition coefficient (Wildman–Crippen LogP) is 1.74. The lowest BCUT2D eigenvalue weighted by molar-refractivity contribution is 0.0946. The molecule has 0 aliphatic carbocycles. The van der Waals surface area contributed by atoms with Crippen molar-refractivity contribution in [3.8, 4) is 11.5 Å². The van der Waals surface area contributed by atoms with Gasteiger partial charge >= 0.3 is 0 Å². The fraction of sp³-hybridized carbons (Fsp3) is 0.368. The number of carbonyl (C=O) groups excluding carboxylic acids is 1. The average Bonchev–Trinajstić information content (AvgIpc) is 2.72. The van der Waals surface area contributed by atoms with Crippen molar-refractivity contribution in [1.29, 1.82) is 0 Å². The van der Waals surface area contributed by atoms with Gasteiger partial charge in [0.15, 0.2) is 0 Å². The number of aromatic nitrogens is 1. The van der Waals surface area contributed by atoms with E-state index in [-0.39, 0.29) is 5.91 Å². The van der Waals surface area contributed by atoms with Crippen LogP contribution in [0.25, 0.3) is 0 Å². The van der Waals surface area contributed by atoms with Gasteiger partial charge in [-0.1, -0.05) is 6.07 Å². The Bertz CT molecular complexity index is 715. The number of carbonyl (C=O) groups is 1. The molecule has 1 aliphatic rings. The Labute approximate surface area is 152 Å². The maximum absolute atomic E-state index is 12.2. The minimum Gasteiger partial charge on any atom is -0.497 e. The fourth-order valence-electron chi connectivity index (χ4n) is 2.63. The first-order chi connectivity index (χ1) is 12.8. The van der Waals surface area contributed by atoms with Crippen LogP contribution in [0.3, 0.4) is 0 Å². The van der Waals surface area contributed by atoms with Gasteiger partial charge in [-0.3, -0.25) is 4.79 Å². The molecule has 0 unspecified atom stereocenters. The minimum atomic E-state index is -0.166. The summed E-state index contributed by atoms with van der Waals surface area (Å²) in [5, 5.41) is 2.83. The molecule has 0 radical (unpaired) electrons. The average molecular weight is 357 g/mol. The number of morpholine rings is 1. The number of rotatable bonds is 7. The van der Waals surface area contributed by atoms with E-state index in [0.29, 0.717) is 37.7 Å². The molecule has 7 heteroatoms. The van der Waals surface area contributed by atoms with Crippen LogP contribution in [0.4, 0.5) is 5.82 Å². The first kappa shape index (κ1) is 18.0. The molecule has 1 aromatic carbocycles. The number of ether oxygens (including phenoxy) is 3. The highest BCUT2D eigenvalue weighted by Crippen LogP contribution is 2.18. The number of hydrogen-bond acceptors (Lipinski definition) is 6. The molecule has 0 spiro atoms. The summed E-state index contributed by atoms with van der Waals surface area (Å²) in [4.78, 5) is 18.7. The van der Waals surface area contributed by atoms with E-state index in [1.54, 1.807) is 25.4 Å². The van der Waals surface area contributed by atoms with E-state index in [1.807, 2.05) is 24.3 Å². The smallest absolute Gasteiger partial charge is 0.252 e. The zero-order valence-electron chi connectivity index (χ0n) is 14.8. The van der Waals surface area contributed by atoms with Crippen LogP contribution < -0.4 is 19.7 Å². The molecular weight excluding hydrogens is 334 g/mol. The highest BCUT2D eigenvalue weighted by Gasteiger charge is 2.13. The summed E-state index contributed by atoms with van der Waals surface area (Å²) in [5.41, 5.74) is 0.531. The summed E-state index contributed by atoms with van der Waals surface area (Å²) >= 11 is 0. The molecule has 1 N–H and O–H groups in total. The molecule has 1 saturated heterocycles. The zero-order chi connectivity index (χ0) is 18.2. The second kappa shape index (κ2) is 9.05. The molecule has 3 rings (SSSR count). The van der Waals surface area contributed by atoms with Crippen LogP contribution in [-0.4, -0.2) is 57.5 Å². The Hall–Kier alpha value is -2.80. The van der Waals surface area contributed by atoms with Crippen molar-refractivity contribution >= 4 is 11.7 Å². The van der Waals surface area contributed by atoms with Crippen molar-refractivity contribution in [1.82, 2.24) is 10.3 Å². The summed E-state index contributed by atoms with van der Waals surface area (Å²) in [5.74, 6) is 2.14. The number of anilines is 1. The molecule has 1 aromatic heterocycles. The third kappa shape index (κ3) is 4.86. The number of amides is 1. The van der Waals surface area contributed by atoms with Crippen molar-refractivity contribution in [2.45, 2.75) is 0 Å². The second-order valence-corrected chi connectivity index (χ2v) is 5.79. The van der Waals surface area contributed by atoms with Crippen molar-refractivity contribution in [3.05, 3.63) is 48.2 Å². The summed E-state index contributed by atoms with van der Waals surface area (Å²) in [7, 11) is 1.61.